The normalized spacial score (nSPS) is 10.3. The molecule has 0 saturated carbocycles. The van der Waals surface area contributed by atoms with Gasteiger partial charge in [0.15, 0.2) is 0 Å². The molecule has 0 aliphatic carbocycles. The number of hydrogen-bond acceptors (Lipinski definition) is 1. The van der Waals surface area contributed by atoms with Crippen molar-refractivity contribution < 1.29 is 4.79 Å². The highest BCUT2D eigenvalue weighted by molar-refractivity contribution is 5.94. The molecule has 0 unspecified atom stereocenters. The average molecular weight is 242 g/mol. The Kier molecular flexibility index (Phi) is 3.82. The first-order chi connectivity index (χ1) is 8.66. The average Bonchev–Trinajstić information content (AvgIpc) is 2.76. The molecular formula is C15H18N2O. The van der Waals surface area contributed by atoms with Crippen LogP contribution in [0.3, 0.4) is 0 Å². The number of benzene rings is 1. The molecule has 0 bridgehead atoms. The summed E-state index contributed by atoms with van der Waals surface area (Å²) in [4.78, 5) is 11.9. The summed E-state index contributed by atoms with van der Waals surface area (Å²) in [6.07, 6.45) is 2.86. The molecule has 1 heterocycles. The highest BCUT2D eigenvalue weighted by Gasteiger charge is 2.04. The van der Waals surface area contributed by atoms with Gasteiger partial charge in [-0.3, -0.25) is 4.79 Å². The minimum atomic E-state index is -0.00999. The van der Waals surface area contributed by atoms with Gasteiger partial charge in [0, 0.05) is 37.5 Å². The van der Waals surface area contributed by atoms with Crippen LogP contribution in [-0.2, 0) is 13.5 Å². The third-order valence-electron chi connectivity index (χ3n) is 3.03. The zero-order valence-electron chi connectivity index (χ0n) is 10.8. The van der Waals surface area contributed by atoms with Crippen molar-refractivity contribution in [2.75, 3.05) is 6.54 Å². The molecule has 0 radical (unpaired) electrons. The van der Waals surface area contributed by atoms with Crippen LogP contribution in [-0.4, -0.2) is 17.0 Å². The third kappa shape index (κ3) is 3.00. The maximum Gasteiger partial charge on any atom is 0.251 e. The molecule has 1 aromatic carbocycles. The van der Waals surface area contributed by atoms with Crippen molar-refractivity contribution in [3.05, 3.63) is 59.4 Å². The molecular weight excluding hydrogens is 224 g/mol. The summed E-state index contributed by atoms with van der Waals surface area (Å²) in [6.45, 7) is 2.67. The fourth-order valence-electron chi connectivity index (χ4n) is 1.87. The lowest BCUT2D eigenvalue weighted by atomic mass is 10.1. The van der Waals surface area contributed by atoms with E-state index in [9.17, 15) is 4.79 Å². The van der Waals surface area contributed by atoms with Gasteiger partial charge in [-0.1, -0.05) is 17.7 Å². The zero-order chi connectivity index (χ0) is 13.0. The van der Waals surface area contributed by atoms with Crippen LogP contribution < -0.4 is 5.32 Å². The predicted molar refractivity (Wildman–Crippen MR) is 72.6 cm³/mol. The number of aryl methyl sites for hydroxylation is 2. The van der Waals surface area contributed by atoms with Crippen molar-refractivity contribution in [2.45, 2.75) is 13.3 Å². The highest BCUT2D eigenvalue weighted by atomic mass is 16.1. The maximum atomic E-state index is 11.9. The summed E-state index contributed by atoms with van der Waals surface area (Å²) >= 11 is 0. The van der Waals surface area contributed by atoms with E-state index in [0.717, 1.165) is 12.0 Å². The molecule has 1 N–H and O–H groups in total. The monoisotopic (exact) mass is 242 g/mol. The topological polar surface area (TPSA) is 34.0 Å². The van der Waals surface area contributed by atoms with Crippen molar-refractivity contribution in [3.63, 3.8) is 0 Å². The minimum Gasteiger partial charge on any atom is -0.354 e. The molecule has 3 nitrogen and oxygen atoms in total. The standard InChI is InChI=1S/C15H18N2O/c1-12-5-7-13(8-6-12)15(18)16-10-9-14-4-3-11-17(14)2/h3-8,11H,9-10H2,1-2H3,(H,16,18). The molecule has 2 aromatic rings. The molecule has 0 atom stereocenters. The van der Waals surface area contributed by atoms with Gasteiger partial charge in [-0.15, -0.1) is 0 Å². The molecule has 0 aliphatic rings. The second-order valence-corrected chi connectivity index (χ2v) is 4.48. The molecule has 0 fully saturated rings. The van der Waals surface area contributed by atoms with Crippen molar-refractivity contribution in [2.24, 2.45) is 7.05 Å². The Bertz CT molecular complexity index is 526. The van der Waals surface area contributed by atoms with Gasteiger partial charge in [0.05, 0.1) is 0 Å². The van der Waals surface area contributed by atoms with E-state index >= 15 is 0 Å². The van der Waals surface area contributed by atoms with E-state index in [2.05, 4.69) is 16.0 Å². The Morgan fingerprint density at radius 2 is 1.94 bits per heavy atom. The lowest BCUT2D eigenvalue weighted by Crippen LogP contribution is -2.26. The Hall–Kier alpha value is -2.03. The van der Waals surface area contributed by atoms with Gasteiger partial charge in [-0.2, -0.15) is 0 Å². The second-order valence-electron chi connectivity index (χ2n) is 4.48. The van der Waals surface area contributed by atoms with Crippen LogP contribution in [0, 0.1) is 6.92 Å². The molecule has 0 saturated heterocycles. The minimum absolute atomic E-state index is 0.00999. The lowest BCUT2D eigenvalue weighted by molar-refractivity contribution is 0.0954. The lowest BCUT2D eigenvalue weighted by Gasteiger charge is -2.06. The van der Waals surface area contributed by atoms with Crippen LogP contribution in [0.25, 0.3) is 0 Å². The van der Waals surface area contributed by atoms with Crippen LogP contribution in [0.2, 0.25) is 0 Å². The number of nitrogens with zero attached hydrogens (tertiary/aromatic N) is 1. The molecule has 3 heteroatoms. The third-order valence-corrected chi connectivity index (χ3v) is 3.03. The second kappa shape index (κ2) is 5.54. The predicted octanol–water partition coefficient (Wildman–Crippen LogP) is 2.31. The van der Waals surface area contributed by atoms with Gasteiger partial charge in [0.25, 0.3) is 5.91 Å². The first-order valence-electron chi connectivity index (χ1n) is 6.12. The fourth-order valence-corrected chi connectivity index (χ4v) is 1.87. The Balaban J connectivity index is 1.85. The number of carbonyl (C=O) groups is 1. The first-order valence-corrected chi connectivity index (χ1v) is 6.12. The van der Waals surface area contributed by atoms with Crippen LogP contribution in [0.4, 0.5) is 0 Å². The summed E-state index contributed by atoms with van der Waals surface area (Å²) in [5.41, 5.74) is 3.10. The van der Waals surface area contributed by atoms with E-state index in [1.807, 2.05) is 50.5 Å². The summed E-state index contributed by atoms with van der Waals surface area (Å²) in [5, 5.41) is 2.93. The van der Waals surface area contributed by atoms with Crippen molar-refractivity contribution in [1.82, 2.24) is 9.88 Å². The zero-order valence-corrected chi connectivity index (χ0v) is 10.8. The smallest absolute Gasteiger partial charge is 0.251 e. The number of amides is 1. The highest BCUT2D eigenvalue weighted by Crippen LogP contribution is 2.03. The van der Waals surface area contributed by atoms with Crippen LogP contribution >= 0.6 is 0 Å². The van der Waals surface area contributed by atoms with E-state index < -0.39 is 0 Å². The molecule has 94 valence electrons. The van der Waals surface area contributed by atoms with E-state index in [-0.39, 0.29) is 5.91 Å². The number of rotatable bonds is 4. The molecule has 0 aliphatic heterocycles. The van der Waals surface area contributed by atoms with Crippen LogP contribution in [0.15, 0.2) is 42.6 Å². The van der Waals surface area contributed by atoms with E-state index in [4.69, 9.17) is 0 Å². The molecule has 18 heavy (non-hydrogen) atoms. The molecule has 1 aromatic heterocycles. The van der Waals surface area contributed by atoms with E-state index in [1.54, 1.807) is 0 Å². The largest absolute Gasteiger partial charge is 0.354 e. The van der Waals surface area contributed by atoms with Crippen molar-refractivity contribution >= 4 is 5.91 Å². The summed E-state index contributed by atoms with van der Waals surface area (Å²) in [5.74, 6) is -0.00999. The van der Waals surface area contributed by atoms with Crippen LogP contribution in [0.5, 0.6) is 0 Å². The number of nitrogens with one attached hydrogen (secondary N) is 1. The van der Waals surface area contributed by atoms with Gasteiger partial charge in [0.2, 0.25) is 0 Å². The first kappa shape index (κ1) is 12.4. The summed E-state index contributed by atoms with van der Waals surface area (Å²) in [7, 11) is 2.01. The summed E-state index contributed by atoms with van der Waals surface area (Å²) in [6, 6.07) is 11.7. The Morgan fingerprint density at radius 3 is 2.56 bits per heavy atom. The van der Waals surface area contributed by atoms with Gasteiger partial charge < -0.3 is 9.88 Å². The van der Waals surface area contributed by atoms with Crippen LogP contribution in [0.1, 0.15) is 21.6 Å². The van der Waals surface area contributed by atoms with Gasteiger partial charge in [-0.05, 0) is 31.2 Å². The fraction of sp³-hybridized carbons (Fsp3) is 0.267. The summed E-state index contributed by atoms with van der Waals surface area (Å²) < 4.78 is 2.07. The molecule has 0 spiro atoms. The Morgan fingerprint density at radius 1 is 1.22 bits per heavy atom. The van der Waals surface area contributed by atoms with E-state index in [0.29, 0.717) is 12.1 Å². The van der Waals surface area contributed by atoms with Gasteiger partial charge in [-0.25, -0.2) is 0 Å². The van der Waals surface area contributed by atoms with Crippen molar-refractivity contribution in [3.8, 4) is 0 Å². The SMILES string of the molecule is Cc1ccc(C(=O)NCCc2cccn2C)cc1. The van der Waals surface area contributed by atoms with Gasteiger partial charge in [0.1, 0.15) is 0 Å². The number of aromatic nitrogens is 1. The maximum absolute atomic E-state index is 11.9. The Labute approximate surface area is 107 Å². The number of hydrogen-bond donors (Lipinski definition) is 1. The van der Waals surface area contributed by atoms with E-state index in [1.165, 1.54) is 5.69 Å². The molecule has 2 rings (SSSR count). The van der Waals surface area contributed by atoms with Crippen molar-refractivity contribution in [1.29, 1.82) is 0 Å². The number of carbonyl (C=O) groups excluding carboxylic acids is 1. The quantitative estimate of drug-likeness (QED) is 0.877. The molecule has 1 amide bonds. The van der Waals surface area contributed by atoms with Gasteiger partial charge >= 0.3 is 0 Å².